The topological polar surface area (TPSA) is 65.5 Å². The van der Waals surface area contributed by atoms with Gasteiger partial charge in [0.25, 0.3) is 0 Å². The van der Waals surface area contributed by atoms with Gasteiger partial charge in [0.15, 0.2) is 0 Å². The van der Waals surface area contributed by atoms with Crippen molar-refractivity contribution in [1.29, 1.82) is 0 Å². The van der Waals surface area contributed by atoms with Gasteiger partial charge in [-0.1, -0.05) is 0 Å². The maximum Gasteiger partial charge on any atom is 0.232 e. The molecule has 106 valence electrons. The molecule has 0 saturated heterocycles. The van der Waals surface area contributed by atoms with E-state index in [1.807, 2.05) is 12.1 Å². The van der Waals surface area contributed by atoms with Gasteiger partial charge in [0, 0.05) is 23.9 Å². The van der Waals surface area contributed by atoms with Crippen molar-refractivity contribution in [2.45, 2.75) is 0 Å². The summed E-state index contributed by atoms with van der Waals surface area (Å²) in [6, 6.07) is 5.43. The van der Waals surface area contributed by atoms with Crippen LogP contribution in [0.2, 0.25) is 0 Å². The van der Waals surface area contributed by atoms with Crippen LogP contribution in [-0.2, 0) is 0 Å². The summed E-state index contributed by atoms with van der Waals surface area (Å²) in [5.74, 6) is 2.23. The molecule has 0 aliphatic rings. The second kappa shape index (κ2) is 6.42. The van der Waals surface area contributed by atoms with Crippen molar-refractivity contribution >= 4 is 27.6 Å². The van der Waals surface area contributed by atoms with Gasteiger partial charge < -0.3 is 19.5 Å². The monoisotopic (exact) mass is 339 g/mol. The van der Waals surface area contributed by atoms with Crippen molar-refractivity contribution in [2.24, 2.45) is 0 Å². The van der Waals surface area contributed by atoms with Crippen LogP contribution in [0, 0.1) is 0 Å². The fraction of sp³-hybridized carbons (Fsp3) is 0.231. The summed E-state index contributed by atoms with van der Waals surface area (Å²) < 4.78 is 16.2. The number of ether oxygens (including phenoxy) is 3. The van der Waals surface area contributed by atoms with Gasteiger partial charge in [-0.05, 0) is 15.9 Å². The zero-order valence-electron chi connectivity index (χ0n) is 11.3. The molecule has 0 aliphatic carbocycles. The first-order valence-corrected chi connectivity index (χ1v) is 6.52. The number of hydrogen-bond donors (Lipinski definition) is 1. The lowest BCUT2D eigenvalue weighted by Gasteiger charge is -2.10. The van der Waals surface area contributed by atoms with Gasteiger partial charge in [0.1, 0.15) is 11.5 Å². The number of rotatable bonds is 5. The smallest absolute Gasteiger partial charge is 0.232 e. The minimum Gasteiger partial charge on any atom is -0.497 e. The molecule has 2 rings (SSSR count). The number of hydrogen-bond acceptors (Lipinski definition) is 6. The van der Waals surface area contributed by atoms with E-state index in [1.165, 1.54) is 0 Å². The van der Waals surface area contributed by atoms with Crippen LogP contribution in [-0.4, -0.2) is 31.3 Å². The molecule has 7 heteroatoms. The number of halogens is 1. The fourth-order valence-corrected chi connectivity index (χ4v) is 1.92. The van der Waals surface area contributed by atoms with Gasteiger partial charge in [-0.2, -0.15) is 4.98 Å². The summed E-state index contributed by atoms with van der Waals surface area (Å²) in [5, 5.41) is 3.07. The van der Waals surface area contributed by atoms with Crippen LogP contribution < -0.4 is 19.5 Å². The normalized spacial score (nSPS) is 10.0. The molecule has 0 fully saturated rings. The van der Waals surface area contributed by atoms with Gasteiger partial charge in [-0.3, -0.25) is 0 Å². The third-order valence-electron chi connectivity index (χ3n) is 2.51. The van der Waals surface area contributed by atoms with Crippen LogP contribution in [0.5, 0.6) is 17.4 Å². The first kappa shape index (κ1) is 14.4. The van der Waals surface area contributed by atoms with E-state index in [9.17, 15) is 0 Å². The lowest BCUT2D eigenvalue weighted by molar-refractivity contribution is 0.394. The molecule has 0 radical (unpaired) electrons. The molecule has 0 spiro atoms. The van der Waals surface area contributed by atoms with Gasteiger partial charge in [0.05, 0.1) is 32.0 Å². The van der Waals surface area contributed by atoms with Crippen molar-refractivity contribution < 1.29 is 14.2 Å². The van der Waals surface area contributed by atoms with E-state index in [-0.39, 0.29) is 0 Å². The quantitative estimate of drug-likeness (QED) is 0.903. The standard InChI is InChI=1S/C13H14BrN3O3/c1-18-9-4-8(5-10(6-9)19-2)16-13-15-7-11(14)12(17-13)20-3/h4-7H,1-3H3,(H,15,16,17). The van der Waals surface area contributed by atoms with E-state index in [0.717, 1.165) is 5.69 Å². The minimum absolute atomic E-state index is 0.417. The summed E-state index contributed by atoms with van der Waals surface area (Å²) in [6.45, 7) is 0. The molecular weight excluding hydrogens is 326 g/mol. The number of aromatic nitrogens is 2. The first-order valence-electron chi connectivity index (χ1n) is 5.73. The molecule has 2 aromatic rings. The lowest BCUT2D eigenvalue weighted by atomic mass is 10.3. The Morgan fingerprint density at radius 1 is 1.00 bits per heavy atom. The summed E-state index contributed by atoms with van der Waals surface area (Å²) in [4.78, 5) is 8.39. The summed E-state index contributed by atoms with van der Waals surface area (Å²) in [7, 11) is 4.74. The van der Waals surface area contributed by atoms with Crippen LogP contribution in [0.15, 0.2) is 28.9 Å². The Hall–Kier alpha value is -2.02. The molecule has 0 aliphatic heterocycles. The Bertz CT molecular complexity index is 585. The van der Waals surface area contributed by atoms with E-state index in [1.54, 1.807) is 33.6 Å². The Labute approximate surface area is 125 Å². The maximum absolute atomic E-state index is 5.21. The number of benzene rings is 1. The predicted octanol–water partition coefficient (Wildman–Crippen LogP) is 3.01. The maximum atomic E-state index is 5.21. The molecule has 0 unspecified atom stereocenters. The molecule has 6 nitrogen and oxygen atoms in total. The largest absolute Gasteiger partial charge is 0.497 e. The van der Waals surface area contributed by atoms with Gasteiger partial charge >= 0.3 is 0 Å². The molecule has 1 aromatic carbocycles. The first-order chi connectivity index (χ1) is 9.66. The fourth-order valence-electron chi connectivity index (χ4n) is 1.56. The molecule has 0 bridgehead atoms. The van der Waals surface area contributed by atoms with Crippen molar-refractivity contribution in [3.05, 3.63) is 28.9 Å². The highest BCUT2D eigenvalue weighted by atomic mass is 79.9. The third-order valence-corrected chi connectivity index (χ3v) is 3.06. The minimum atomic E-state index is 0.417. The third kappa shape index (κ3) is 3.30. The zero-order valence-corrected chi connectivity index (χ0v) is 12.9. The summed E-state index contributed by atoms with van der Waals surface area (Å²) in [5.41, 5.74) is 0.755. The van der Waals surface area contributed by atoms with Crippen molar-refractivity contribution in [2.75, 3.05) is 26.6 Å². The van der Waals surface area contributed by atoms with E-state index < -0.39 is 0 Å². The van der Waals surface area contributed by atoms with Crippen LogP contribution in [0.4, 0.5) is 11.6 Å². The molecule has 0 saturated carbocycles. The molecule has 20 heavy (non-hydrogen) atoms. The highest BCUT2D eigenvalue weighted by Gasteiger charge is 2.07. The van der Waals surface area contributed by atoms with Gasteiger partial charge in [-0.25, -0.2) is 4.98 Å². The average Bonchev–Trinajstić information content (AvgIpc) is 2.48. The van der Waals surface area contributed by atoms with Gasteiger partial charge in [-0.15, -0.1) is 0 Å². The van der Waals surface area contributed by atoms with Crippen molar-refractivity contribution in [1.82, 2.24) is 9.97 Å². The highest BCUT2D eigenvalue weighted by molar-refractivity contribution is 9.10. The summed E-state index contributed by atoms with van der Waals surface area (Å²) >= 11 is 3.30. The van der Waals surface area contributed by atoms with Crippen LogP contribution in [0.25, 0.3) is 0 Å². The predicted molar refractivity (Wildman–Crippen MR) is 79.1 cm³/mol. The second-order valence-corrected chi connectivity index (χ2v) is 4.63. The number of methoxy groups -OCH3 is 3. The molecule has 1 heterocycles. The number of anilines is 2. The second-order valence-electron chi connectivity index (χ2n) is 3.78. The molecular formula is C13H14BrN3O3. The molecule has 0 atom stereocenters. The van der Waals surface area contributed by atoms with Crippen molar-refractivity contribution in [3.8, 4) is 17.4 Å². The zero-order chi connectivity index (χ0) is 14.5. The van der Waals surface area contributed by atoms with Crippen LogP contribution in [0.1, 0.15) is 0 Å². The Balaban J connectivity index is 2.29. The average molecular weight is 340 g/mol. The Morgan fingerprint density at radius 2 is 1.65 bits per heavy atom. The Kier molecular flexibility index (Phi) is 4.62. The van der Waals surface area contributed by atoms with E-state index in [2.05, 4.69) is 31.2 Å². The summed E-state index contributed by atoms with van der Waals surface area (Å²) in [6.07, 6.45) is 1.62. The van der Waals surface area contributed by atoms with Crippen molar-refractivity contribution in [3.63, 3.8) is 0 Å². The molecule has 0 amide bonds. The number of nitrogens with one attached hydrogen (secondary N) is 1. The number of nitrogens with zero attached hydrogens (tertiary/aromatic N) is 2. The van der Waals surface area contributed by atoms with Gasteiger partial charge in [0.2, 0.25) is 11.8 Å². The molecule has 1 N–H and O–H groups in total. The molecule has 1 aromatic heterocycles. The lowest BCUT2D eigenvalue weighted by Crippen LogP contribution is -2.00. The van der Waals surface area contributed by atoms with E-state index in [0.29, 0.717) is 27.8 Å². The van der Waals surface area contributed by atoms with E-state index >= 15 is 0 Å². The Morgan fingerprint density at radius 3 is 2.20 bits per heavy atom. The highest BCUT2D eigenvalue weighted by Crippen LogP contribution is 2.28. The van der Waals surface area contributed by atoms with Crippen LogP contribution >= 0.6 is 15.9 Å². The van der Waals surface area contributed by atoms with E-state index in [4.69, 9.17) is 14.2 Å². The van der Waals surface area contributed by atoms with Crippen LogP contribution in [0.3, 0.4) is 0 Å². The SMILES string of the molecule is COc1cc(Nc2ncc(Br)c(OC)n2)cc(OC)c1.